The summed E-state index contributed by atoms with van der Waals surface area (Å²) in [6.45, 7) is 4.28. The zero-order valence-corrected chi connectivity index (χ0v) is 20.9. The first-order chi connectivity index (χ1) is 17.1. The van der Waals surface area contributed by atoms with E-state index >= 15 is 0 Å². The SMILES string of the molecule is C/C=C/CCc1ccc(CCc2ccc(-c3ccc(C[C@@H](C)c4ccccc4)cc3)cc2)cc1F. The van der Waals surface area contributed by atoms with E-state index in [2.05, 4.69) is 97.9 Å². The van der Waals surface area contributed by atoms with Crippen molar-refractivity contribution in [3.05, 3.63) is 143 Å². The molecule has 0 spiro atoms. The summed E-state index contributed by atoms with van der Waals surface area (Å²) in [5.74, 6) is 0.424. The highest BCUT2D eigenvalue weighted by molar-refractivity contribution is 5.64. The molecule has 0 bridgehead atoms. The highest BCUT2D eigenvalue weighted by Gasteiger charge is 2.07. The lowest BCUT2D eigenvalue weighted by Gasteiger charge is -2.12. The van der Waals surface area contributed by atoms with Gasteiger partial charge in [0.2, 0.25) is 0 Å². The Labute approximate surface area is 210 Å². The van der Waals surface area contributed by atoms with Crippen molar-refractivity contribution in [1.82, 2.24) is 0 Å². The molecule has 35 heavy (non-hydrogen) atoms. The zero-order chi connectivity index (χ0) is 24.5. The maximum Gasteiger partial charge on any atom is 0.126 e. The van der Waals surface area contributed by atoms with Gasteiger partial charge < -0.3 is 0 Å². The van der Waals surface area contributed by atoms with Gasteiger partial charge in [-0.2, -0.15) is 0 Å². The largest absolute Gasteiger partial charge is 0.207 e. The van der Waals surface area contributed by atoms with E-state index in [9.17, 15) is 4.39 Å². The third kappa shape index (κ3) is 7.02. The number of benzene rings is 4. The lowest BCUT2D eigenvalue weighted by molar-refractivity contribution is 0.607. The van der Waals surface area contributed by atoms with Gasteiger partial charge in [0.15, 0.2) is 0 Å². The van der Waals surface area contributed by atoms with Crippen LogP contribution < -0.4 is 0 Å². The van der Waals surface area contributed by atoms with Gasteiger partial charge in [-0.25, -0.2) is 4.39 Å². The van der Waals surface area contributed by atoms with E-state index in [0.29, 0.717) is 5.92 Å². The molecule has 0 heterocycles. The molecule has 0 saturated carbocycles. The van der Waals surface area contributed by atoms with Gasteiger partial charge in [0.25, 0.3) is 0 Å². The summed E-state index contributed by atoms with van der Waals surface area (Å²) in [4.78, 5) is 0. The molecule has 1 atom stereocenters. The third-order valence-corrected chi connectivity index (χ3v) is 6.79. The summed E-state index contributed by atoms with van der Waals surface area (Å²) >= 11 is 0. The van der Waals surface area contributed by atoms with Crippen LogP contribution in [0, 0.1) is 5.82 Å². The second-order valence-corrected chi connectivity index (χ2v) is 9.44. The van der Waals surface area contributed by atoms with Gasteiger partial charge in [-0.05, 0) is 90.0 Å². The molecule has 0 aromatic heterocycles. The van der Waals surface area contributed by atoms with Gasteiger partial charge in [0.1, 0.15) is 5.82 Å². The van der Waals surface area contributed by atoms with Gasteiger partial charge in [-0.15, -0.1) is 0 Å². The van der Waals surface area contributed by atoms with Gasteiger partial charge in [0.05, 0.1) is 0 Å². The van der Waals surface area contributed by atoms with Gasteiger partial charge in [-0.1, -0.05) is 110 Å². The van der Waals surface area contributed by atoms with E-state index in [1.807, 2.05) is 19.1 Å². The van der Waals surface area contributed by atoms with Crippen LogP contribution in [0.4, 0.5) is 4.39 Å². The van der Waals surface area contributed by atoms with E-state index in [0.717, 1.165) is 43.2 Å². The minimum atomic E-state index is -0.0797. The van der Waals surface area contributed by atoms with Crippen molar-refractivity contribution in [2.45, 2.75) is 51.9 Å². The molecule has 4 aromatic carbocycles. The highest BCUT2D eigenvalue weighted by atomic mass is 19.1. The molecule has 178 valence electrons. The number of halogens is 1. The summed E-state index contributed by atoms with van der Waals surface area (Å²) in [5.41, 5.74) is 8.35. The fraction of sp³-hybridized carbons (Fsp3) is 0.235. The van der Waals surface area contributed by atoms with Crippen LogP contribution in [0.25, 0.3) is 11.1 Å². The fourth-order valence-electron chi connectivity index (χ4n) is 4.59. The molecule has 0 nitrogen and oxygen atoms in total. The second-order valence-electron chi connectivity index (χ2n) is 9.44. The Kier molecular flexibility index (Phi) is 8.68. The molecule has 0 aliphatic heterocycles. The zero-order valence-electron chi connectivity index (χ0n) is 20.9. The Morgan fingerprint density at radius 1 is 0.686 bits per heavy atom. The summed E-state index contributed by atoms with van der Waals surface area (Å²) in [6, 6.07) is 34.2. The normalized spacial score (nSPS) is 12.2. The molecular weight excluding hydrogens is 427 g/mol. The Balaban J connectivity index is 1.32. The highest BCUT2D eigenvalue weighted by Crippen LogP contribution is 2.24. The topological polar surface area (TPSA) is 0 Å². The molecule has 0 saturated heterocycles. The Morgan fingerprint density at radius 3 is 1.91 bits per heavy atom. The number of hydrogen-bond donors (Lipinski definition) is 0. The molecule has 1 heteroatoms. The van der Waals surface area contributed by atoms with Crippen LogP contribution in [0.5, 0.6) is 0 Å². The number of rotatable bonds is 10. The molecule has 0 fully saturated rings. The van der Waals surface area contributed by atoms with Crippen LogP contribution in [0.2, 0.25) is 0 Å². The molecular formula is C34H35F. The van der Waals surface area contributed by atoms with E-state index in [1.54, 1.807) is 6.07 Å². The monoisotopic (exact) mass is 462 g/mol. The average Bonchev–Trinajstić information content (AvgIpc) is 2.90. The van der Waals surface area contributed by atoms with Crippen molar-refractivity contribution in [3.8, 4) is 11.1 Å². The molecule has 0 aliphatic rings. The van der Waals surface area contributed by atoms with E-state index < -0.39 is 0 Å². The van der Waals surface area contributed by atoms with Crippen LogP contribution in [0.15, 0.2) is 109 Å². The standard InChI is InChI=1S/C34H35F/c1-3-4-6-11-33-23-18-29(25-34(33)35)13-12-27-14-19-31(20-15-27)32-21-16-28(17-22-32)24-26(2)30-9-7-5-8-10-30/h3-5,7-10,14-23,25-26H,6,11-13,24H2,1-2H3/b4-3+/t26-/m1/s1. The number of allylic oxidation sites excluding steroid dienone is 2. The van der Waals surface area contributed by atoms with Crippen molar-refractivity contribution in [2.24, 2.45) is 0 Å². The van der Waals surface area contributed by atoms with Crippen LogP contribution >= 0.6 is 0 Å². The van der Waals surface area contributed by atoms with Crippen molar-refractivity contribution in [3.63, 3.8) is 0 Å². The second kappa shape index (κ2) is 12.3. The van der Waals surface area contributed by atoms with Crippen LogP contribution in [-0.4, -0.2) is 0 Å². The molecule has 0 unspecified atom stereocenters. The predicted octanol–water partition coefficient (Wildman–Crippen LogP) is 9.13. The minimum Gasteiger partial charge on any atom is -0.207 e. The summed E-state index contributed by atoms with van der Waals surface area (Å²) in [5, 5.41) is 0. The molecule has 0 aliphatic carbocycles. The quantitative estimate of drug-likeness (QED) is 0.206. The molecule has 4 aromatic rings. The first-order valence-electron chi connectivity index (χ1n) is 12.7. The van der Waals surface area contributed by atoms with Gasteiger partial charge >= 0.3 is 0 Å². The summed E-state index contributed by atoms with van der Waals surface area (Å²) < 4.78 is 14.4. The third-order valence-electron chi connectivity index (χ3n) is 6.79. The van der Waals surface area contributed by atoms with E-state index in [-0.39, 0.29) is 5.82 Å². The Morgan fingerprint density at radius 2 is 1.29 bits per heavy atom. The van der Waals surface area contributed by atoms with Gasteiger partial charge in [-0.3, -0.25) is 0 Å². The lowest BCUT2D eigenvalue weighted by Crippen LogP contribution is -1.98. The summed E-state index contributed by atoms with van der Waals surface area (Å²) in [7, 11) is 0. The van der Waals surface area contributed by atoms with Gasteiger partial charge in [0, 0.05) is 0 Å². The van der Waals surface area contributed by atoms with Crippen molar-refractivity contribution >= 4 is 0 Å². The van der Waals surface area contributed by atoms with Crippen LogP contribution in [-0.2, 0) is 25.7 Å². The number of aryl methyl sites for hydroxylation is 3. The maximum atomic E-state index is 14.4. The summed E-state index contributed by atoms with van der Waals surface area (Å²) in [6.07, 6.45) is 8.53. The van der Waals surface area contributed by atoms with E-state index in [4.69, 9.17) is 0 Å². The maximum absolute atomic E-state index is 14.4. The number of hydrogen-bond acceptors (Lipinski definition) is 0. The Hall–Kier alpha value is -3.45. The van der Waals surface area contributed by atoms with E-state index in [1.165, 1.54) is 27.8 Å². The van der Waals surface area contributed by atoms with Crippen molar-refractivity contribution in [1.29, 1.82) is 0 Å². The first-order valence-corrected chi connectivity index (χ1v) is 12.7. The first kappa shape index (κ1) is 24.7. The molecule has 4 rings (SSSR count). The average molecular weight is 463 g/mol. The Bertz CT molecular complexity index is 1220. The molecule has 0 N–H and O–H groups in total. The van der Waals surface area contributed by atoms with Crippen LogP contribution in [0.1, 0.15) is 54.0 Å². The minimum absolute atomic E-state index is 0.0797. The smallest absolute Gasteiger partial charge is 0.126 e. The lowest BCUT2D eigenvalue weighted by atomic mass is 9.92. The van der Waals surface area contributed by atoms with Crippen molar-refractivity contribution in [2.75, 3.05) is 0 Å². The van der Waals surface area contributed by atoms with Crippen LogP contribution in [0.3, 0.4) is 0 Å². The molecule has 0 radical (unpaired) electrons. The molecule has 0 amide bonds. The predicted molar refractivity (Wildman–Crippen MR) is 147 cm³/mol. The fourth-order valence-corrected chi connectivity index (χ4v) is 4.59. The van der Waals surface area contributed by atoms with Crippen molar-refractivity contribution < 1.29 is 4.39 Å².